The van der Waals surface area contributed by atoms with Crippen molar-refractivity contribution in [2.45, 2.75) is 13.5 Å². The Hall–Kier alpha value is -2.08. The third kappa shape index (κ3) is 3.03. The second kappa shape index (κ2) is 5.71. The number of aromatic nitrogens is 2. The van der Waals surface area contributed by atoms with Crippen LogP contribution in [0.2, 0.25) is 0 Å². The summed E-state index contributed by atoms with van der Waals surface area (Å²) in [5.74, 6) is -0.338. The van der Waals surface area contributed by atoms with E-state index < -0.39 is 5.97 Å². The Morgan fingerprint density at radius 2 is 2.32 bits per heavy atom. The molecule has 0 aliphatic heterocycles. The number of aliphatic carboxylic acids is 1. The van der Waals surface area contributed by atoms with E-state index in [1.165, 1.54) is 0 Å². The number of hydrogen-bond donors (Lipinski definition) is 2. The second-order valence-corrected chi connectivity index (χ2v) is 4.33. The van der Waals surface area contributed by atoms with Gasteiger partial charge < -0.3 is 15.2 Å². The molecule has 0 aliphatic carbocycles. The van der Waals surface area contributed by atoms with Gasteiger partial charge in [0.25, 0.3) is 0 Å². The highest BCUT2D eigenvalue weighted by molar-refractivity contribution is 5.81. The predicted octanol–water partition coefficient (Wildman–Crippen LogP) is 1.49. The zero-order chi connectivity index (χ0) is 13.8. The molecule has 0 aliphatic rings. The first-order valence-corrected chi connectivity index (χ1v) is 6.03. The van der Waals surface area contributed by atoms with Gasteiger partial charge >= 0.3 is 5.97 Å². The molecule has 0 atom stereocenters. The lowest BCUT2D eigenvalue weighted by molar-refractivity contribution is -0.137. The maximum Gasteiger partial charge on any atom is 0.323 e. The van der Waals surface area contributed by atoms with Crippen LogP contribution in [0.25, 0.3) is 11.0 Å². The number of rotatable bonds is 6. The molecule has 19 heavy (non-hydrogen) atoms. The molecule has 0 radical (unpaired) electrons. The summed E-state index contributed by atoms with van der Waals surface area (Å²) in [7, 11) is 1.62. The van der Waals surface area contributed by atoms with Crippen molar-refractivity contribution in [1.29, 1.82) is 0 Å². The van der Waals surface area contributed by atoms with E-state index in [0.29, 0.717) is 19.1 Å². The van der Waals surface area contributed by atoms with Crippen LogP contribution in [0.1, 0.15) is 5.56 Å². The summed E-state index contributed by atoms with van der Waals surface area (Å²) >= 11 is 0. The van der Waals surface area contributed by atoms with Crippen molar-refractivity contribution in [3.05, 3.63) is 23.8 Å². The van der Waals surface area contributed by atoms with Crippen LogP contribution in [0.4, 0.5) is 5.95 Å². The Balaban J connectivity index is 2.38. The number of carbonyl (C=O) groups is 1. The Bertz CT molecular complexity index is 592. The molecule has 2 aromatic rings. The van der Waals surface area contributed by atoms with Crippen LogP contribution in [0, 0.1) is 6.92 Å². The molecule has 1 aromatic carbocycles. The third-order valence-corrected chi connectivity index (χ3v) is 2.79. The number of hydrogen-bond acceptors (Lipinski definition) is 4. The number of carboxylic acid groups (broad SMARTS) is 1. The topological polar surface area (TPSA) is 76.4 Å². The van der Waals surface area contributed by atoms with E-state index in [9.17, 15) is 4.79 Å². The zero-order valence-electron chi connectivity index (χ0n) is 11.0. The maximum absolute atomic E-state index is 11.0. The fourth-order valence-electron chi connectivity index (χ4n) is 1.93. The Morgan fingerprint density at radius 3 is 3.00 bits per heavy atom. The van der Waals surface area contributed by atoms with Crippen LogP contribution >= 0.6 is 0 Å². The first-order valence-electron chi connectivity index (χ1n) is 6.03. The SMILES string of the molecule is COCCNc1nc2cc(C)ccc2n1CC(=O)O. The van der Waals surface area contributed by atoms with Gasteiger partial charge in [-0.25, -0.2) is 4.98 Å². The summed E-state index contributed by atoms with van der Waals surface area (Å²) < 4.78 is 6.62. The van der Waals surface area contributed by atoms with Crippen molar-refractivity contribution in [2.75, 3.05) is 25.6 Å². The highest BCUT2D eigenvalue weighted by Gasteiger charge is 2.12. The average molecular weight is 263 g/mol. The third-order valence-electron chi connectivity index (χ3n) is 2.79. The van der Waals surface area contributed by atoms with E-state index in [4.69, 9.17) is 9.84 Å². The zero-order valence-corrected chi connectivity index (χ0v) is 11.0. The van der Waals surface area contributed by atoms with Gasteiger partial charge in [0.15, 0.2) is 0 Å². The fraction of sp³-hybridized carbons (Fsp3) is 0.385. The molecule has 2 rings (SSSR count). The average Bonchev–Trinajstić information content (AvgIpc) is 2.66. The minimum atomic E-state index is -0.894. The van der Waals surface area contributed by atoms with Crippen molar-refractivity contribution in [3.63, 3.8) is 0 Å². The monoisotopic (exact) mass is 263 g/mol. The molecule has 0 amide bonds. The molecule has 0 fully saturated rings. The van der Waals surface area contributed by atoms with E-state index in [2.05, 4.69) is 10.3 Å². The summed E-state index contributed by atoms with van der Waals surface area (Å²) in [5.41, 5.74) is 2.70. The number of nitrogens with one attached hydrogen (secondary N) is 1. The highest BCUT2D eigenvalue weighted by atomic mass is 16.5. The van der Waals surface area contributed by atoms with Crippen molar-refractivity contribution in [2.24, 2.45) is 0 Å². The number of aryl methyl sites for hydroxylation is 1. The Kier molecular flexibility index (Phi) is 4.01. The van der Waals surface area contributed by atoms with Gasteiger partial charge in [-0.15, -0.1) is 0 Å². The van der Waals surface area contributed by atoms with Crippen LogP contribution < -0.4 is 5.32 Å². The van der Waals surface area contributed by atoms with E-state index in [0.717, 1.165) is 16.6 Å². The number of methoxy groups -OCH3 is 1. The molecule has 0 unspecified atom stereocenters. The minimum Gasteiger partial charge on any atom is -0.480 e. The van der Waals surface area contributed by atoms with Gasteiger partial charge in [-0.1, -0.05) is 6.07 Å². The predicted molar refractivity (Wildman–Crippen MR) is 72.5 cm³/mol. The number of anilines is 1. The number of benzene rings is 1. The molecular formula is C13H17N3O3. The quantitative estimate of drug-likeness (QED) is 0.772. The lowest BCUT2D eigenvalue weighted by Gasteiger charge is -2.08. The summed E-state index contributed by atoms with van der Waals surface area (Å²) in [4.78, 5) is 15.4. The molecular weight excluding hydrogens is 246 g/mol. The molecule has 1 heterocycles. The van der Waals surface area contributed by atoms with Crippen LogP contribution in [0.5, 0.6) is 0 Å². The molecule has 102 valence electrons. The Labute approximate surface area is 111 Å². The smallest absolute Gasteiger partial charge is 0.323 e. The van der Waals surface area contributed by atoms with E-state index >= 15 is 0 Å². The number of nitrogens with zero attached hydrogens (tertiary/aromatic N) is 2. The highest BCUT2D eigenvalue weighted by Crippen LogP contribution is 2.20. The van der Waals surface area contributed by atoms with Crippen LogP contribution in [-0.2, 0) is 16.1 Å². The van der Waals surface area contributed by atoms with Crippen molar-refractivity contribution in [3.8, 4) is 0 Å². The lowest BCUT2D eigenvalue weighted by atomic mass is 10.2. The summed E-state index contributed by atoms with van der Waals surface area (Å²) in [6, 6.07) is 5.78. The fourth-order valence-corrected chi connectivity index (χ4v) is 1.93. The first-order chi connectivity index (χ1) is 9.11. The number of imidazole rings is 1. The van der Waals surface area contributed by atoms with Crippen LogP contribution in [0.3, 0.4) is 0 Å². The molecule has 1 aromatic heterocycles. The molecule has 0 spiro atoms. The molecule has 0 saturated heterocycles. The lowest BCUT2D eigenvalue weighted by Crippen LogP contribution is -2.15. The van der Waals surface area contributed by atoms with Gasteiger partial charge in [0.1, 0.15) is 6.54 Å². The van der Waals surface area contributed by atoms with Gasteiger partial charge in [-0.3, -0.25) is 9.36 Å². The minimum absolute atomic E-state index is 0.116. The number of fused-ring (bicyclic) bond motifs is 1. The van der Waals surface area contributed by atoms with Gasteiger partial charge in [0.05, 0.1) is 17.6 Å². The van der Waals surface area contributed by atoms with Gasteiger partial charge in [-0.2, -0.15) is 0 Å². The molecule has 6 nitrogen and oxygen atoms in total. The summed E-state index contributed by atoms with van der Waals surface area (Å²) in [6.07, 6.45) is 0. The molecule has 6 heteroatoms. The van der Waals surface area contributed by atoms with Crippen molar-refractivity contribution < 1.29 is 14.6 Å². The molecule has 2 N–H and O–H groups in total. The maximum atomic E-state index is 11.0. The second-order valence-electron chi connectivity index (χ2n) is 4.33. The van der Waals surface area contributed by atoms with E-state index in [1.54, 1.807) is 11.7 Å². The standard InChI is InChI=1S/C13H17N3O3/c1-9-3-4-11-10(7-9)15-13(14-5-6-19-2)16(11)8-12(17)18/h3-4,7H,5-6,8H2,1-2H3,(H,14,15)(H,17,18). The van der Waals surface area contributed by atoms with Gasteiger partial charge in [-0.05, 0) is 24.6 Å². The van der Waals surface area contributed by atoms with E-state index in [-0.39, 0.29) is 6.54 Å². The normalized spacial score (nSPS) is 10.8. The summed E-state index contributed by atoms with van der Waals surface area (Å²) in [6.45, 7) is 2.98. The summed E-state index contributed by atoms with van der Waals surface area (Å²) in [5, 5.41) is 12.1. The largest absolute Gasteiger partial charge is 0.480 e. The molecule has 0 saturated carbocycles. The van der Waals surface area contributed by atoms with Gasteiger partial charge in [0, 0.05) is 13.7 Å². The van der Waals surface area contributed by atoms with Crippen LogP contribution in [-0.4, -0.2) is 40.9 Å². The number of ether oxygens (including phenoxy) is 1. The van der Waals surface area contributed by atoms with Crippen LogP contribution in [0.15, 0.2) is 18.2 Å². The van der Waals surface area contributed by atoms with E-state index in [1.807, 2.05) is 25.1 Å². The number of carboxylic acids is 1. The Morgan fingerprint density at radius 1 is 1.53 bits per heavy atom. The van der Waals surface area contributed by atoms with Crippen molar-refractivity contribution >= 4 is 23.0 Å². The van der Waals surface area contributed by atoms with Gasteiger partial charge in [0.2, 0.25) is 5.95 Å². The van der Waals surface area contributed by atoms with Crippen molar-refractivity contribution in [1.82, 2.24) is 9.55 Å². The molecule has 0 bridgehead atoms. The first kappa shape index (κ1) is 13.4.